The van der Waals surface area contributed by atoms with E-state index in [4.69, 9.17) is 14.0 Å². The van der Waals surface area contributed by atoms with E-state index in [9.17, 15) is 4.79 Å². The third-order valence-electron chi connectivity index (χ3n) is 7.12. The molecule has 1 amide bonds. The SMILES string of the molecule is CC1(C)OB([C@@H]2C[C@H]2C2CCN(C(=O)OCc3ccccc3)CC2)OC1(C)C. The number of amides is 1. The summed E-state index contributed by atoms with van der Waals surface area (Å²) in [6.07, 6.45) is 3.07. The first kappa shape index (κ1) is 19.8. The van der Waals surface area contributed by atoms with Crippen LogP contribution in [-0.4, -0.2) is 42.4 Å². The van der Waals surface area contributed by atoms with E-state index in [0.29, 0.717) is 24.3 Å². The lowest BCUT2D eigenvalue weighted by Crippen LogP contribution is -2.41. The van der Waals surface area contributed by atoms with Crippen LogP contribution in [0, 0.1) is 11.8 Å². The summed E-state index contributed by atoms with van der Waals surface area (Å²) in [7, 11) is -0.0798. The van der Waals surface area contributed by atoms with Crippen molar-refractivity contribution in [3.05, 3.63) is 35.9 Å². The topological polar surface area (TPSA) is 48.0 Å². The third-order valence-corrected chi connectivity index (χ3v) is 7.12. The molecule has 6 heteroatoms. The average molecular weight is 385 g/mol. The number of likely N-dealkylation sites (tertiary alicyclic amines) is 1. The quantitative estimate of drug-likeness (QED) is 0.716. The highest BCUT2D eigenvalue weighted by molar-refractivity contribution is 6.48. The van der Waals surface area contributed by atoms with Crippen molar-refractivity contribution in [2.45, 2.75) is 70.6 Å². The van der Waals surface area contributed by atoms with Crippen LogP contribution in [0.4, 0.5) is 4.79 Å². The van der Waals surface area contributed by atoms with E-state index in [0.717, 1.165) is 31.5 Å². The Labute approximate surface area is 168 Å². The fourth-order valence-electron chi connectivity index (χ4n) is 4.47. The van der Waals surface area contributed by atoms with Gasteiger partial charge in [0, 0.05) is 13.1 Å². The number of hydrogen-bond donors (Lipinski definition) is 0. The molecule has 1 aliphatic carbocycles. The number of piperidine rings is 1. The lowest BCUT2D eigenvalue weighted by molar-refractivity contribution is 0.00578. The molecule has 0 radical (unpaired) electrons. The van der Waals surface area contributed by atoms with Crippen molar-refractivity contribution >= 4 is 13.2 Å². The molecule has 0 aromatic heterocycles. The summed E-state index contributed by atoms with van der Waals surface area (Å²) in [6, 6.07) is 9.83. The van der Waals surface area contributed by atoms with Crippen LogP contribution in [0.5, 0.6) is 0 Å². The van der Waals surface area contributed by atoms with Crippen molar-refractivity contribution < 1.29 is 18.8 Å². The molecule has 0 N–H and O–H groups in total. The van der Waals surface area contributed by atoms with Gasteiger partial charge in [0.05, 0.1) is 11.2 Å². The second-order valence-electron chi connectivity index (χ2n) is 9.55. The van der Waals surface area contributed by atoms with Gasteiger partial charge >= 0.3 is 13.2 Å². The van der Waals surface area contributed by atoms with E-state index in [1.54, 1.807) is 0 Å². The summed E-state index contributed by atoms with van der Waals surface area (Å²) in [5.41, 5.74) is 0.516. The van der Waals surface area contributed by atoms with Gasteiger partial charge in [0.15, 0.2) is 0 Å². The largest absolute Gasteiger partial charge is 0.461 e. The molecule has 2 atom stereocenters. The number of hydrogen-bond acceptors (Lipinski definition) is 4. The molecule has 152 valence electrons. The van der Waals surface area contributed by atoms with Crippen molar-refractivity contribution in [1.29, 1.82) is 0 Å². The molecule has 5 nitrogen and oxygen atoms in total. The molecule has 1 aromatic rings. The van der Waals surface area contributed by atoms with Crippen molar-refractivity contribution in [2.24, 2.45) is 11.8 Å². The van der Waals surface area contributed by atoms with Crippen LogP contribution in [0.1, 0.15) is 52.5 Å². The average Bonchev–Trinajstić information content (AvgIpc) is 3.43. The van der Waals surface area contributed by atoms with Gasteiger partial charge < -0.3 is 18.9 Å². The van der Waals surface area contributed by atoms with Crippen LogP contribution in [0.2, 0.25) is 5.82 Å². The summed E-state index contributed by atoms with van der Waals surface area (Å²) in [5, 5.41) is 0. The highest BCUT2D eigenvalue weighted by atomic mass is 16.7. The second kappa shape index (κ2) is 7.38. The van der Waals surface area contributed by atoms with Crippen LogP contribution in [-0.2, 0) is 20.7 Å². The van der Waals surface area contributed by atoms with Gasteiger partial charge in [0.25, 0.3) is 0 Å². The Kier molecular flexibility index (Phi) is 5.21. The molecule has 0 unspecified atom stereocenters. The van der Waals surface area contributed by atoms with Gasteiger partial charge in [0.2, 0.25) is 0 Å². The maximum Gasteiger partial charge on any atom is 0.461 e. The Morgan fingerprint density at radius 3 is 2.32 bits per heavy atom. The normalized spacial score (nSPS) is 29.0. The van der Waals surface area contributed by atoms with Crippen LogP contribution >= 0.6 is 0 Å². The summed E-state index contributed by atoms with van der Waals surface area (Å²) >= 11 is 0. The van der Waals surface area contributed by atoms with E-state index in [-0.39, 0.29) is 24.4 Å². The van der Waals surface area contributed by atoms with Crippen LogP contribution < -0.4 is 0 Å². The van der Waals surface area contributed by atoms with E-state index in [1.165, 1.54) is 6.42 Å². The summed E-state index contributed by atoms with van der Waals surface area (Å²) in [4.78, 5) is 14.2. The summed E-state index contributed by atoms with van der Waals surface area (Å²) < 4.78 is 17.9. The predicted octanol–water partition coefficient (Wildman–Crippen LogP) is 4.52. The second-order valence-corrected chi connectivity index (χ2v) is 9.55. The van der Waals surface area contributed by atoms with Gasteiger partial charge in [-0.25, -0.2) is 4.79 Å². The minimum Gasteiger partial charge on any atom is -0.445 e. The summed E-state index contributed by atoms with van der Waals surface area (Å²) in [6.45, 7) is 10.4. The molecule has 28 heavy (non-hydrogen) atoms. The molecule has 3 fully saturated rings. The van der Waals surface area contributed by atoms with Gasteiger partial charge in [-0.2, -0.15) is 0 Å². The van der Waals surface area contributed by atoms with E-state index in [2.05, 4.69) is 27.7 Å². The molecule has 2 saturated heterocycles. The van der Waals surface area contributed by atoms with Gasteiger partial charge in [-0.1, -0.05) is 30.3 Å². The van der Waals surface area contributed by atoms with E-state index < -0.39 is 0 Å². The predicted molar refractivity (Wildman–Crippen MR) is 109 cm³/mol. The van der Waals surface area contributed by atoms with Crippen molar-refractivity contribution in [2.75, 3.05) is 13.1 Å². The van der Waals surface area contributed by atoms with Crippen molar-refractivity contribution in [1.82, 2.24) is 4.90 Å². The highest BCUT2D eigenvalue weighted by Crippen LogP contribution is 2.57. The Bertz CT molecular complexity index is 684. The highest BCUT2D eigenvalue weighted by Gasteiger charge is 2.60. The Morgan fingerprint density at radius 1 is 1.11 bits per heavy atom. The lowest BCUT2D eigenvalue weighted by atomic mass is 9.77. The van der Waals surface area contributed by atoms with Crippen LogP contribution in [0.25, 0.3) is 0 Å². The number of carbonyl (C=O) groups is 1. The molecular formula is C22H32BNO4. The smallest absolute Gasteiger partial charge is 0.445 e. The molecule has 2 aliphatic heterocycles. The van der Waals surface area contributed by atoms with E-state index in [1.807, 2.05) is 35.2 Å². The Morgan fingerprint density at radius 2 is 1.71 bits per heavy atom. The maximum atomic E-state index is 12.3. The molecule has 1 aromatic carbocycles. The van der Waals surface area contributed by atoms with Crippen molar-refractivity contribution in [3.63, 3.8) is 0 Å². The fraction of sp³-hybridized carbons (Fsp3) is 0.682. The van der Waals surface area contributed by atoms with Gasteiger partial charge in [-0.05, 0) is 70.2 Å². The zero-order valence-electron chi connectivity index (χ0n) is 17.5. The lowest BCUT2D eigenvalue weighted by Gasteiger charge is -2.32. The van der Waals surface area contributed by atoms with E-state index >= 15 is 0 Å². The number of benzene rings is 1. The zero-order valence-corrected chi connectivity index (χ0v) is 17.5. The van der Waals surface area contributed by atoms with Crippen LogP contribution in [0.3, 0.4) is 0 Å². The maximum absolute atomic E-state index is 12.3. The third kappa shape index (κ3) is 3.94. The molecular weight excluding hydrogens is 353 g/mol. The number of rotatable bonds is 4. The Hall–Kier alpha value is -1.53. The molecule has 2 heterocycles. The number of carbonyl (C=O) groups excluding carboxylic acids is 1. The van der Waals surface area contributed by atoms with Crippen molar-refractivity contribution in [3.8, 4) is 0 Å². The molecule has 0 bridgehead atoms. The molecule has 0 spiro atoms. The molecule has 1 saturated carbocycles. The van der Waals surface area contributed by atoms with Gasteiger partial charge in [-0.3, -0.25) is 0 Å². The zero-order chi connectivity index (χ0) is 19.9. The first-order chi connectivity index (χ1) is 13.3. The summed E-state index contributed by atoms with van der Waals surface area (Å²) in [5.74, 6) is 1.82. The van der Waals surface area contributed by atoms with Crippen LogP contribution in [0.15, 0.2) is 30.3 Å². The monoisotopic (exact) mass is 385 g/mol. The minimum atomic E-state index is -0.253. The molecule has 3 aliphatic rings. The van der Waals surface area contributed by atoms with Gasteiger partial charge in [-0.15, -0.1) is 0 Å². The van der Waals surface area contributed by atoms with Gasteiger partial charge in [0.1, 0.15) is 6.61 Å². The first-order valence-corrected chi connectivity index (χ1v) is 10.6. The first-order valence-electron chi connectivity index (χ1n) is 10.6. The fourth-order valence-corrected chi connectivity index (χ4v) is 4.47. The molecule has 4 rings (SSSR count). The standard InChI is InChI=1S/C22H32BNO4/c1-21(2)22(3,4)28-23(27-21)19-14-18(19)17-10-12-24(13-11-17)20(25)26-15-16-8-6-5-7-9-16/h5-9,17-19H,10-15H2,1-4H3/t18-,19+/m0/s1. The number of ether oxygens (including phenoxy) is 1. The minimum absolute atomic E-state index is 0.0798. The Balaban J connectivity index is 1.22. The number of nitrogens with zero attached hydrogens (tertiary/aromatic N) is 1.